The Morgan fingerprint density at radius 2 is 1.54 bits per heavy atom. The summed E-state index contributed by atoms with van der Waals surface area (Å²) < 4.78 is 69.1. The van der Waals surface area contributed by atoms with Gasteiger partial charge in [0.25, 0.3) is 0 Å². The van der Waals surface area contributed by atoms with Gasteiger partial charge in [-0.25, -0.2) is 4.79 Å². The number of alkyl halides is 1. The van der Waals surface area contributed by atoms with Crippen LogP contribution in [-0.2, 0) is 61.7 Å². The fourth-order valence-corrected chi connectivity index (χ4v) is 12.5. The summed E-state index contributed by atoms with van der Waals surface area (Å²) in [6, 6.07) is 0. The van der Waals surface area contributed by atoms with Gasteiger partial charge in [0.15, 0.2) is 23.5 Å². The molecule has 3 spiro atoms. The van der Waals surface area contributed by atoms with Crippen LogP contribution in [0.4, 0.5) is 0 Å². The maximum atomic E-state index is 14.0. The average molecular weight is 1040 g/mol. The normalized spacial score (nSPS) is 45.2. The number of rotatable bonds is 10. The summed E-state index contributed by atoms with van der Waals surface area (Å²) in [6.07, 6.45) is 9.67. The summed E-state index contributed by atoms with van der Waals surface area (Å²) in [6.45, 7) is 5.96. The highest BCUT2D eigenvalue weighted by Crippen LogP contribution is 2.53. The van der Waals surface area contributed by atoms with Gasteiger partial charge in [-0.1, -0.05) is 51.2 Å². The zero-order valence-electron chi connectivity index (χ0n) is 43.6. The van der Waals surface area contributed by atoms with Crippen molar-refractivity contribution in [3.8, 4) is 0 Å². The van der Waals surface area contributed by atoms with E-state index in [2.05, 4.69) is 6.92 Å². The number of aliphatic hydroxyl groups excluding tert-OH is 4. The largest absolute Gasteiger partial charge is 0.467 e. The third-order valence-electron chi connectivity index (χ3n) is 16.5. The Balaban J connectivity index is 1.13. The standard InChI is InChI=1S/C54H85ClO17/c1-32-20-23-52-25-22-41(62-4)50(71-52)49(60)48(59)33(2)18-19-40-47(55)45(64-6)30-53(68-40)24-21-34(3)54(72-53)31-44(39(70-54)16-11-9-8-10-12-17-42(63-5)51(61)65-7)67-46(58)29-38-15-13-14-37(66-38)27-35(56)26-36(57)28-43(32)69-52/h9-12,20,23,32-45,47-50,56-57,59-60H,8,13-19,21-22,24-31H2,1-7H3/b11-9+,12-10-/t32-,33-,34-,35-,36-,37-,38+,39-,40+,41-,42+,43+,44-,45+,47+,48-,49-,50-,52-,53+,54+/m0/s1. The number of allylic oxidation sites excluding steroid dienone is 2. The molecular weight excluding hydrogens is 956 g/mol. The van der Waals surface area contributed by atoms with Gasteiger partial charge in [0.1, 0.15) is 24.4 Å². The van der Waals surface area contributed by atoms with E-state index in [9.17, 15) is 30.0 Å². The van der Waals surface area contributed by atoms with E-state index in [-0.39, 0.29) is 43.6 Å². The number of carbonyl (C=O) groups is 2. The van der Waals surface area contributed by atoms with Gasteiger partial charge in [0.2, 0.25) is 0 Å². The zero-order valence-corrected chi connectivity index (χ0v) is 44.3. The van der Waals surface area contributed by atoms with Gasteiger partial charge < -0.3 is 72.5 Å². The molecule has 0 aliphatic carbocycles. The number of halogens is 1. The summed E-state index contributed by atoms with van der Waals surface area (Å²) in [5.41, 5.74) is 0. The first-order valence-corrected chi connectivity index (χ1v) is 27.2. The Morgan fingerprint density at radius 3 is 2.29 bits per heavy atom. The molecule has 0 aromatic rings. The maximum absolute atomic E-state index is 14.0. The van der Waals surface area contributed by atoms with Crippen molar-refractivity contribution < 1.29 is 82.1 Å². The van der Waals surface area contributed by atoms with Gasteiger partial charge in [0.05, 0.1) is 73.8 Å². The lowest BCUT2D eigenvalue weighted by atomic mass is 9.82. The van der Waals surface area contributed by atoms with E-state index in [0.717, 1.165) is 6.42 Å². The molecule has 9 bridgehead atoms. The minimum absolute atomic E-state index is 0.0300. The third kappa shape index (κ3) is 14.1. The highest BCUT2D eigenvalue weighted by Gasteiger charge is 2.61. The Labute approximate surface area is 431 Å². The summed E-state index contributed by atoms with van der Waals surface area (Å²) in [5, 5.41) is 45.8. The van der Waals surface area contributed by atoms with Crippen LogP contribution in [0.3, 0.4) is 0 Å². The number of methoxy groups -OCH3 is 4. The molecule has 0 aromatic heterocycles. The van der Waals surface area contributed by atoms with Crippen molar-refractivity contribution in [3.05, 3.63) is 36.5 Å². The SMILES string of the molecule is COC(=O)[C@@H](C/C=C\C/C=C/C[C@@H]1O[C@@]23C[C@@H]1OC(=O)C[C@H]1CCC[C@@H](C[C@@H](O)C[C@H](O)C[C@H]4O[C@]5(C=C[C@@H]4C)CC[C@H](OC)[C@H](O5)[C@@H](O)[C@@H](O)[C@@H](C)CC[C@H]4O[C@@](CC[C@@H]2C)(C[C@@H](OC)[C@@H]4Cl)O3)O1)OC. The molecule has 0 amide bonds. The van der Waals surface area contributed by atoms with Crippen LogP contribution < -0.4 is 0 Å². The predicted molar refractivity (Wildman–Crippen MR) is 263 cm³/mol. The van der Waals surface area contributed by atoms with Crippen LogP contribution in [0.2, 0.25) is 0 Å². The van der Waals surface area contributed by atoms with Crippen LogP contribution in [0.15, 0.2) is 36.5 Å². The molecule has 7 aliphatic heterocycles. The second-order valence-corrected chi connectivity index (χ2v) is 22.3. The van der Waals surface area contributed by atoms with Crippen LogP contribution in [0.25, 0.3) is 0 Å². The summed E-state index contributed by atoms with van der Waals surface area (Å²) in [7, 11) is 5.99. The number of ether oxygens (including phenoxy) is 11. The van der Waals surface area contributed by atoms with Crippen molar-refractivity contribution in [1.82, 2.24) is 0 Å². The molecule has 0 radical (unpaired) electrons. The molecule has 17 nitrogen and oxygen atoms in total. The number of aliphatic hydroxyl groups is 4. The van der Waals surface area contributed by atoms with E-state index >= 15 is 0 Å². The van der Waals surface area contributed by atoms with Crippen molar-refractivity contribution in [1.29, 1.82) is 0 Å². The molecule has 7 heterocycles. The second-order valence-electron chi connectivity index (χ2n) is 21.8. The predicted octanol–water partition coefficient (Wildman–Crippen LogP) is 6.26. The molecule has 4 N–H and O–H groups in total. The van der Waals surface area contributed by atoms with Crippen molar-refractivity contribution in [2.45, 2.75) is 245 Å². The van der Waals surface area contributed by atoms with Crippen LogP contribution in [-0.4, -0.2) is 169 Å². The first kappa shape index (κ1) is 57.6. The van der Waals surface area contributed by atoms with E-state index in [0.29, 0.717) is 83.5 Å². The van der Waals surface area contributed by atoms with Crippen molar-refractivity contribution in [3.63, 3.8) is 0 Å². The van der Waals surface area contributed by atoms with E-state index < -0.39 is 120 Å². The van der Waals surface area contributed by atoms with Gasteiger partial charge in [-0.3, -0.25) is 4.79 Å². The number of fused-ring (bicyclic) bond motifs is 6. The summed E-state index contributed by atoms with van der Waals surface area (Å²) in [5.74, 6) is -5.00. The van der Waals surface area contributed by atoms with Gasteiger partial charge in [-0.05, 0) is 82.6 Å². The van der Waals surface area contributed by atoms with Crippen molar-refractivity contribution in [2.24, 2.45) is 17.8 Å². The lowest BCUT2D eigenvalue weighted by Gasteiger charge is -2.54. The van der Waals surface area contributed by atoms with E-state index in [4.69, 9.17) is 63.7 Å². The number of carbonyl (C=O) groups excluding carboxylic acids is 2. The Hall–Kier alpha value is -2.07. The molecule has 7 aliphatic rings. The molecule has 410 valence electrons. The maximum Gasteiger partial charge on any atom is 0.335 e. The minimum atomic E-state index is -1.34. The highest BCUT2D eigenvalue weighted by atomic mass is 35.5. The Morgan fingerprint density at radius 1 is 0.792 bits per heavy atom. The highest BCUT2D eigenvalue weighted by molar-refractivity contribution is 6.21. The summed E-state index contributed by atoms with van der Waals surface area (Å²) >= 11 is 7.17. The zero-order chi connectivity index (χ0) is 51.8. The summed E-state index contributed by atoms with van der Waals surface area (Å²) in [4.78, 5) is 25.9. The smallest absolute Gasteiger partial charge is 0.335 e. The third-order valence-corrected chi connectivity index (χ3v) is 17.1. The van der Waals surface area contributed by atoms with E-state index in [1.807, 2.05) is 50.3 Å². The van der Waals surface area contributed by atoms with Crippen LogP contribution in [0.5, 0.6) is 0 Å². The molecule has 6 saturated heterocycles. The van der Waals surface area contributed by atoms with Crippen LogP contribution in [0.1, 0.15) is 136 Å². The molecule has 72 heavy (non-hydrogen) atoms. The second kappa shape index (κ2) is 25.8. The quantitative estimate of drug-likeness (QED) is 0.108. The van der Waals surface area contributed by atoms with Crippen molar-refractivity contribution >= 4 is 23.5 Å². The minimum Gasteiger partial charge on any atom is -0.467 e. The monoisotopic (exact) mass is 1040 g/mol. The van der Waals surface area contributed by atoms with E-state index in [1.165, 1.54) is 14.2 Å². The van der Waals surface area contributed by atoms with Crippen LogP contribution in [0, 0.1) is 17.8 Å². The van der Waals surface area contributed by atoms with Crippen LogP contribution >= 0.6 is 11.6 Å². The molecule has 6 fully saturated rings. The molecule has 0 unspecified atom stereocenters. The Kier molecular flexibility index (Phi) is 20.7. The average Bonchev–Trinajstić information content (AvgIpc) is 3.69. The first-order valence-electron chi connectivity index (χ1n) is 26.7. The van der Waals surface area contributed by atoms with E-state index in [1.54, 1.807) is 14.2 Å². The molecule has 21 atom stereocenters. The Bertz CT molecular complexity index is 1840. The molecule has 0 saturated carbocycles. The lowest BCUT2D eigenvalue weighted by Crippen LogP contribution is -2.61. The van der Waals surface area contributed by atoms with Crippen molar-refractivity contribution in [2.75, 3.05) is 28.4 Å². The van der Waals surface area contributed by atoms with Gasteiger partial charge in [-0.15, -0.1) is 11.6 Å². The number of esters is 2. The van der Waals surface area contributed by atoms with Gasteiger partial charge >= 0.3 is 11.9 Å². The topological polar surface area (TPSA) is 217 Å². The first-order chi connectivity index (χ1) is 34.4. The molecule has 0 aromatic carbocycles. The fraction of sp³-hybridized carbons (Fsp3) is 0.852. The fourth-order valence-electron chi connectivity index (χ4n) is 12.1. The number of hydrogen-bond donors (Lipinski definition) is 4. The lowest BCUT2D eigenvalue weighted by molar-refractivity contribution is -0.413. The van der Waals surface area contributed by atoms with Gasteiger partial charge in [0, 0.05) is 71.7 Å². The number of hydrogen-bond acceptors (Lipinski definition) is 17. The molecule has 18 heteroatoms. The van der Waals surface area contributed by atoms with Gasteiger partial charge in [-0.2, -0.15) is 0 Å². The molecule has 7 rings (SSSR count). The molecular formula is C54H85ClO17.